The lowest BCUT2D eigenvalue weighted by Crippen LogP contribution is -2.32. The molecule has 1 unspecified atom stereocenters. The maximum atomic E-state index is 13.5. The highest BCUT2D eigenvalue weighted by atomic mass is 35.5. The van der Waals surface area contributed by atoms with E-state index in [1.54, 1.807) is 164 Å². The van der Waals surface area contributed by atoms with Crippen LogP contribution >= 0.6 is 92.8 Å². The zero-order chi connectivity index (χ0) is 107. The number of aliphatic hydroxyl groups is 4. The molecular formula is C105H101Cl8FN10O22. The number of aliphatic hydroxyl groups excluding tert-OH is 4. The number of aromatic nitrogens is 5. The number of halogens is 9. The van der Waals surface area contributed by atoms with E-state index >= 15 is 0 Å². The fraction of sp³-hybridized carbons (Fsp3) is 0.238. The molecule has 41 heteroatoms. The zero-order valence-electron chi connectivity index (χ0n) is 80.5. The van der Waals surface area contributed by atoms with E-state index in [-0.39, 0.29) is 87.9 Å². The van der Waals surface area contributed by atoms with Gasteiger partial charge < -0.3 is 110 Å². The second kappa shape index (κ2) is 48.9. The van der Waals surface area contributed by atoms with Crippen molar-refractivity contribution in [2.75, 3.05) is 54.4 Å². The Morgan fingerprint density at radius 2 is 0.610 bits per heavy atom. The fourth-order valence-electron chi connectivity index (χ4n) is 16.6. The van der Waals surface area contributed by atoms with Gasteiger partial charge >= 0.3 is 29.8 Å². The molecule has 5 amide bonds. The Morgan fingerprint density at radius 1 is 0.308 bits per heavy atom. The summed E-state index contributed by atoms with van der Waals surface area (Å²) < 4.78 is 37.9. The monoisotopic (exact) mass is 2150 g/mol. The number of hydrogen-bond acceptors (Lipinski definition) is 17. The van der Waals surface area contributed by atoms with Gasteiger partial charge in [-0.3, -0.25) is 33.6 Å². The number of nitrogens with zero attached hydrogens (tertiary/aromatic N) is 5. The lowest BCUT2D eigenvalue weighted by molar-refractivity contribution is -0.137. The zero-order valence-corrected chi connectivity index (χ0v) is 86.6. The Morgan fingerprint density at radius 3 is 0.932 bits per heavy atom. The summed E-state index contributed by atoms with van der Waals surface area (Å²) in [5.41, 5.74) is 13.7. The van der Waals surface area contributed by atoms with Gasteiger partial charge in [0.05, 0.1) is 149 Å². The summed E-state index contributed by atoms with van der Waals surface area (Å²) >= 11 is 50.6. The van der Waals surface area contributed by atoms with Gasteiger partial charge in [0.15, 0.2) is 0 Å². The Balaban J connectivity index is 0.000000174. The minimum Gasteiger partial charge on any atom is -0.496 e. The topological polar surface area (TPSA) is 465 Å². The molecule has 5 aromatic heterocycles. The van der Waals surface area contributed by atoms with Crippen LogP contribution in [0.3, 0.4) is 0 Å². The molecule has 10 aromatic carbocycles. The number of carboxylic acid groups (broad SMARTS) is 5. The normalized spacial score (nSPS) is 12.1. The van der Waals surface area contributed by atoms with Crippen molar-refractivity contribution < 1.29 is 113 Å². The summed E-state index contributed by atoms with van der Waals surface area (Å²) in [7, 11) is 13.3. The highest BCUT2D eigenvalue weighted by Crippen LogP contribution is 2.43. The molecule has 0 fully saturated rings. The van der Waals surface area contributed by atoms with Crippen LogP contribution in [-0.4, -0.2) is 183 Å². The maximum Gasteiger partial charge on any atom is 0.335 e. The van der Waals surface area contributed by atoms with Crippen molar-refractivity contribution in [1.29, 1.82) is 0 Å². The Labute approximate surface area is 875 Å². The minimum absolute atomic E-state index is 0.0985. The molecule has 766 valence electrons. The summed E-state index contributed by atoms with van der Waals surface area (Å²) in [5, 5.41) is 105. The number of alkyl halides is 1. The van der Waals surface area contributed by atoms with Crippen LogP contribution in [0.4, 0.5) is 4.39 Å². The van der Waals surface area contributed by atoms with Crippen LogP contribution in [-0.2, 0) is 57.7 Å². The molecule has 32 nitrogen and oxygen atoms in total. The second-order valence-corrected chi connectivity index (χ2v) is 36.9. The number of benzene rings is 10. The Hall–Kier alpha value is -13.9. The van der Waals surface area contributed by atoms with Gasteiger partial charge in [-0.2, -0.15) is 0 Å². The van der Waals surface area contributed by atoms with Crippen molar-refractivity contribution >= 4 is 207 Å². The third-order valence-electron chi connectivity index (χ3n) is 24.7. The number of rotatable bonds is 30. The lowest BCUT2D eigenvalue weighted by atomic mass is 9.99. The van der Waals surface area contributed by atoms with Gasteiger partial charge in [-0.1, -0.05) is 153 Å². The van der Waals surface area contributed by atoms with E-state index in [1.807, 2.05) is 51.1 Å². The number of carbonyl (C=O) groups excluding carboxylic acids is 5. The van der Waals surface area contributed by atoms with Crippen molar-refractivity contribution in [2.24, 2.45) is 35.2 Å². The number of ether oxygens (including phenoxy) is 3. The number of methoxy groups -OCH3 is 3. The van der Waals surface area contributed by atoms with E-state index in [2.05, 4.69) is 26.6 Å². The van der Waals surface area contributed by atoms with Crippen LogP contribution in [0.15, 0.2) is 176 Å². The third-order valence-corrected chi connectivity index (χ3v) is 28.1. The minimum atomic E-state index is -1.06. The van der Waals surface area contributed by atoms with Crippen LogP contribution in [0.5, 0.6) is 17.2 Å². The van der Waals surface area contributed by atoms with Crippen molar-refractivity contribution in [1.82, 2.24) is 49.4 Å². The molecule has 146 heavy (non-hydrogen) atoms. The third kappa shape index (κ3) is 24.9. The number of nitrogens with one attached hydrogen (secondary N) is 5. The van der Waals surface area contributed by atoms with E-state index in [0.717, 1.165) is 54.9 Å². The standard InChI is InChI=1S/C22H23ClN2O5.2C21H20Cl2N2O5.C21H20Cl2N2O4.C20H18ClFN2O3/c1-11-7-13(22(28)29)5-6-14(11)16(10-26)24-21(27)18-8-15-17(25(18)3)9-19(30-4)12(2)20(15)23;1-10-6-11(21(28)29)4-5-12(10)14(9-26)24-20(27)16-7-13-15(25(16)2)8-17(30-3)19(23)18(13)22;1-25-16-5-6-18(30-2)20(23)13(16)9-17(25)21(29)24-15(10-26)12-4-3-11(7-14(12)22)8-19(27)28;1-11-3-6-17-14(20(11)23)9-18(25(17)2)21(29)24-16(10-26)13-5-4-12(7-15(13)22)8-19(27)28;1-11-3-8-16-14(18(11)21)9-17(24(16)2)19(25)23-15(10-22)12-4-6-13(7-5-12)20(26)27/h5-9,16,26H,10H2,1-4H3,(H,24,27)(H,28,29);4-8,14,26H,9H2,1-3H3,(H,24,27)(H,28,29);3-7,9,15,26H,8,10H2,1-2H3,(H,24,29)(H,27,28);3-7,9,16,26H,8,10H2,1-2H3,(H,24,29)(H,27,28);3-9,15H,10H2,1-2H3,(H,23,25)(H,26,27)/t16-;14-;15-;16-;/m1111./s1. The first-order valence-electron chi connectivity index (χ1n) is 44.4. The van der Waals surface area contributed by atoms with Crippen molar-refractivity contribution in [3.8, 4) is 17.2 Å². The quantitative estimate of drug-likeness (QED) is 0.0199. The number of carboxylic acids is 5. The smallest absolute Gasteiger partial charge is 0.335 e. The van der Waals surface area contributed by atoms with E-state index in [4.69, 9.17) is 133 Å². The summed E-state index contributed by atoms with van der Waals surface area (Å²) in [4.78, 5) is 119. The molecule has 0 aliphatic carbocycles. The van der Waals surface area contributed by atoms with Gasteiger partial charge in [0.25, 0.3) is 29.5 Å². The van der Waals surface area contributed by atoms with Crippen LogP contribution in [0.2, 0.25) is 40.2 Å². The average Bonchev–Trinajstić information content (AvgIpc) is 1.68. The maximum absolute atomic E-state index is 13.5. The molecule has 0 bridgehead atoms. The molecule has 0 saturated heterocycles. The van der Waals surface area contributed by atoms with Gasteiger partial charge in [0.1, 0.15) is 57.4 Å². The van der Waals surface area contributed by atoms with E-state index < -0.39 is 84.5 Å². The summed E-state index contributed by atoms with van der Waals surface area (Å²) in [6.07, 6.45) is -0.331. The van der Waals surface area contributed by atoms with Gasteiger partial charge in [0.2, 0.25) is 0 Å². The van der Waals surface area contributed by atoms with E-state index in [1.165, 1.54) is 74.9 Å². The van der Waals surface area contributed by atoms with Crippen molar-refractivity contribution in [3.05, 3.63) is 328 Å². The molecule has 0 aliphatic rings. The SMILES string of the molecule is COc1cc2c(cc(C(=O)N[C@H](CO)c3ccc(C(=O)O)cc3C)n2C)c(Cl)c1C.COc1cc2c(cc(C(=O)N[C@H](CO)c3ccc(C(=O)O)cc3C)n2C)c(Cl)c1Cl.COc1ccc2c(cc(C(=O)N[C@H](CO)c3ccc(CC(=O)O)cc3Cl)n2C)c1Cl.Cc1ccc2c(cc(C(=O)NC(CF)c3ccc(C(=O)O)cc3)n2C)c1Cl.Cc1ccc2c(cc(C(=O)N[C@H](CO)c3ccc(CC(=O)O)cc3Cl)n2C)c1Cl. The number of aromatic carboxylic acids is 3. The second-order valence-electron chi connectivity index (χ2n) is 33.9. The predicted octanol–water partition coefficient (Wildman–Crippen LogP) is 19.3. The van der Waals surface area contributed by atoms with Crippen molar-refractivity contribution in [3.63, 3.8) is 0 Å². The predicted molar refractivity (Wildman–Crippen MR) is 559 cm³/mol. The molecule has 0 radical (unpaired) electrons. The molecule has 5 heterocycles. The number of fused-ring (bicyclic) bond motifs is 5. The first kappa shape index (κ1) is 112. The molecule has 15 rings (SSSR count). The number of carbonyl (C=O) groups is 10. The molecule has 0 spiro atoms. The van der Waals surface area contributed by atoms with Crippen LogP contribution in [0.25, 0.3) is 54.5 Å². The largest absolute Gasteiger partial charge is 0.496 e. The molecule has 14 N–H and O–H groups in total. The van der Waals surface area contributed by atoms with E-state index in [9.17, 15) is 72.8 Å². The lowest BCUT2D eigenvalue weighted by Gasteiger charge is -2.19. The first-order chi connectivity index (χ1) is 69.2. The Kier molecular flexibility index (Phi) is 37.6. The number of amides is 5. The number of aryl methyl sites for hydroxylation is 9. The highest BCUT2D eigenvalue weighted by Gasteiger charge is 2.31. The summed E-state index contributed by atoms with van der Waals surface area (Å²) in [6, 6.07) is 43.5. The summed E-state index contributed by atoms with van der Waals surface area (Å²) in [5.74, 6) is -5.63. The van der Waals surface area contributed by atoms with Crippen LogP contribution < -0.4 is 40.8 Å². The highest BCUT2D eigenvalue weighted by molar-refractivity contribution is 6.46. The summed E-state index contributed by atoms with van der Waals surface area (Å²) in [6.45, 7) is 6.82. The van der Waals surface area contributed by atoms with E-state index in [0.29, 0.717) is 132 Å². The van der Waals surface area contributed by atoms with Crippen molar-refractivity contribution in [2.45, 2.75) is 77.7 Å². The molecular weight excluding hydrogens is 2060 g/mol. The van der Waals surface area contributed by atoms with Gasteiger partial charge in [-0.05, 0) is 199 Å². The van der Waals surface area contributed by atoms with Crippen LogP contribution in [0.1, 0.15) is 180 Å². The Bertz CT molecular complexity index is 7440. The number of aliphatic carboxylic acids is 2. The van der Waals surface area contributed by atoms with Crippen LogP contribution in [0, 0.1) is 34.6 Å². The number of hydrogen-bond donors (Lipinski definition) is 14. The molecule has 0 aliphatic heterocycles. The van der Waals surface area contributed by atoms with Gasteiger partial charge in [-0.25, -0.2) is 18.8 Å². The van der Waals surface area contributed by atoms with Gasteiger partial charge in [0, 0.05) is 101 Å². The van der Waals surface area contributed by atoms with Gasteiger partial charge in [-0.15, -0.1) is 0 Å². The fourth-order valence-corrected chi connectivity index (χ4v) is 18.7. The average molecular weight is 2160 g/mol. The molecule has 15 aromatic rings. The molecule has 0 saturated carbocycles. The molecule has 5 atom stereocenters. The first-order valence-corrected chi connectivity index (χ1v) is 47.4.